The first-order valence-electron chi connectivity index (χ1n) is 9.39. The number of fused-ring (bicyclic) bond motifs is 4. The van der Waals surface area contributed by atoms with Gasteiger partial charge >= 0.3 is 0 Å². The molecule has 4 unspecified atom stereocenters. The van der Waals surface area contributed by atoms with E-state index in [1.807, 2.05) is 11.3 Å². The maximum Gasteiger partial charge on any atom is 0.138 e. The average molecular weight is 343 g/mol. The number of hydrogen-bond acceptors (Lipinski definition) is 5. The summed E-state index contributed by atoms with van der Waals surface area (Å²) in [6.45, 7) is 0. The standard InChI is InChI=1S/C19H26N4S/c1-23(2)15-7-6-11-8-12(9-14(11)15)22-18-17-13-4-3-5-16(13)24-19(17)21-10-20-18/h10-12,14-15H,3-9H2,1-2H3,(H,20,21,22). The molecule has 0 aliphatic heterocycles. The summed E-state index contributed by atoms with van der Waals surface area (Å²) in [6, 6.07) is 1.36. The Morgan fingerprint density at radius 2 is 2.08 bits per heavy atom. The molecular formula is C19H26N4S. The molecule has 4 nitrogen and oxygen atoms in total. The topological polar surface area (TPSA) is 41.0 Å². The van der Waals surface area contributed by atoms with Crippen molar-refractivity contribution in [3.05, 3.63) is 16.8 Å². The van der Waals surface area contributed by atoms with Crippen molar-refractivity contribution < 1.29 is 0 Å². The first kappa shape index (κ1) is 15.1. The second-order valence-corrected chi connectivity index (χ2v) is 9.19. The molecule has 24 heavy (non-hydrogen) atoms. The predicted molar refractivity (Wildman–Crippen MR) is 99.8 cm³/mol. The van der Waals surface area contributed by atoms with Crippen molar-refractivity contribution >= 4 is 27.4 Å². The van der Waals surface area contributed by atoms with Crippen molar-refractivity contribution in [1.82, 2.24) is 14.9 Å². The Morgan fingerprint density at radius 1 is 1.17 bits per heavy atom. The van der Waals surface area contributed by atoms with Crippen LogP contribution in [0.5, 0.6) is 0 Å². The monoisotopic (exact) mass is 342 g/mol. The fourth-order valence-electron chi connectivity index (χ4n) is 5.55. The van der Waals surface area contributed by atoms with Crippen molar-refractivity contribution in [2.45, 2.75) is 57.0 Å². The van der Waals surface area contributed by atoms with Crippen LogP contribution in [0.4, 0.5) is 5.82 Å². The number of hydrogen-bond donors (Lipinski definition) is 1. The lowest BCUT2D eigenvalue weighted by molar-refractivity contribution is 0.226. The number of aryl methyl sites for hydroxylation is 2. The highest BCUT2D eigenvalue weighted by atomic mass is 32.1. The summed E-state index contributed by atoms with van der Waals surface area (Å²) in [4.78, 5) is 14.3. The normalized spacial score (nSPS) is 31.8. The highest BCUT2D eigenvalue weighted by Crippen LogP contribution is 2.47. The Kier molecular flexibility index (Phi) is 3.56. The van der Waals surface area contributed by atoms with Gasteiger partial charge in [0.05, 0.1) is 5.39 Å². The third kappa shape index (κ3) is 2.28. The Labute approximate surface area is 147 Å². The van der Waals surface area contributed by atoms with E-state index in [2.05, 4.69) is 34.3 Å². The zero-order valence-corrected chi connectivity index (χ0v) is 15.4. The van der Waals surface area contributed by atoms with Crippen LogP contribution in [0.25, 0.3) is 10.2 Å². The molecule has 0 radical (unpaired) electrons. The van der Waals surface area contributed by atoms with Gasteiger partial charge in [-0.15, -0.1) is 11.3 Å². The first-order chi connectivity index (χ1) is 11.7. The molecule has 0 bridgehead atoms. The zero-order valence-electron chi connectivity index (χ0n) is 14.6. The van der Waals surface area contributed by atoms with Gasteiger partial charge in [0.1, 0.15) is 17.0 Å². The van der Waals surface area contributed by atoms with Crippen LogP contribution in [0.1, 0.15) is 42.5 Å². The summed E-state index contributed by atoms with van der Waals surface area (Å²) in [7, 11) is 4.49. The van der Waals surface area contributed by atoms with Crippen LogP contribution in [-0.4, -0.2) is 41.0 Å². The molecule has 2 aromatic rings. The molecule has 128 valence electrons. The Hall–Kier alpha value is -1.20. The Bertz CT molecular complexity index is 768. The number of aromatic nitrogens is 2. The minimum Gasteiger partial charge on any atom is -0.367 e. The molecule has 5 heteroatoms. The lowest BCUT2D eigenvalue weighted by atomic mass is 9.97. The van der Waals surface area contributed by atoms with Crippen molar-refractivity contribution in [3.63, 3.8) is 0 Å². The van der Waals surface area contributed by atoms with E-state index in [-0.39, 0.29) is 0 Å². The summed E-state index contributed by atoms with van der Waals surface area (Å²) in [5, 5.41) is 5.15. The Morgan fingerprint density at radius 3 is 2.96 bits per heavy atom. The summed E-state index contributed by atoms with van der Waals surface area (Å²) in [5.74, 6) is 2.87. The molecule has 2 heterocycles. The average Bonchev–Trinajstić information content (AvgIpc) is 3.24. The molecule has 0 saturated heterocycles. The molecular weight excluding hydrogens is 316 g/mol. The van der Waals surface area contributed by atoms with Crippen LogP contribution in [0.15, 0.2) is 6.33 Å². The number of nitrogens with zero attached hydrogens (tertiary/aromatic N) is 3. The van der Waals surface area contributed by atoms with Gasteiger partial charge < -0.3 is 10.2 Å². The summed E-state index contributed by atoms with van der Waals surface area (Å²) in [5.41, 5.74) is 1.53. The molecule has 0 amide bonds. The maximum absolute atomic E-state index is 4.64. The first-order valence-corrected chi connectivity index (χ1v) is 10.2. The van der Waals surface area contributed by atoms with Gasteiger partial charge in [-0.2, -0.15) is 0 Å². The predicted octanol–water partition coefficient (Wildman–Crippen LogP) is 3.71. The summed E-state index contributed by atoms with van der Waals surface area (Å²) >= 11 is 1.88. The van der Waals surface area contributed by atoms with E-state index in [1.54, 1.807) is 11.2 Å². The van der Waals surface area contributed by atoms with E-state index in [1.165, 1.54) is 60.7 Å². The molecule has 3 aliphatic carbocycles. The van der Waals surface area contributed by atoms with Gasteiger partial charge in [0.2, 0.25) is 0 Å². The van der Waals surface area contributed by atoms with Crippen molar-refractivity contribution in [3.8, 4) is 0 Å². The van der Waals surface area contributed by atoms with Gasteiger partial charge in [0, 0.05) is 17.0 Å². The SMILES string of the molecule is CN(C)C1CCC2CC(Nc3ncnc4sc5c(c34)CCC5)CC21. The molecule has 5 rings (SSSR count). The summed E-state index contributed by atoms with van der Waals surface area (Å²) < 4.78 is 0. The molecule has 2 saturated carbocycles. The van der Waals surface area contributed by atoms with Crippen molar-refractivity contribution in [1.29, 1.82) is 0 Å². The number of nitrogens with one attached hydrogen (secondary N) is 1. The van der Waals surface area contributed by atoms with Crippen LogP contribution in [-0.2, 0) is 12.8 Å². The second-order valence-electron chi connectivity index (χ2n) is 8.10. The maximum atomic E-state index is 4.64. The molecule has 0 aromatic carbocycles. The second kappa shape index (κ2) is 5.67. The molecule has 1 N–H and O–H groups in total. The molecule has 3 aliphatic rings. The minimum absolute atomic E-state index is 0.581. The zero-order chi connectivity index (χ0) is 16.3. The lowest BCUT2D eigenvalue weighted by Crippen LogP contribution is -2.32. The van der Waals surface area contributed by atoms with Crippen LogP contribution in [0.2, 0.25) is 0 Å². The van der Waals surface area contributed by atoms with Crippen molar-refractivity contribution in [2.75, 3.05) is 19.4 Å². The highest BCUT2D eigenvalue weighted by Gasteiger charge is 2.44. The van der Waals surface area contributed by atoms with Gasteiger partial charge in [-0.05, 0) is 76.4 Å². The van der Waals surface area contributed by atoms with Gasteiger partial charge in [-0.3, -0.25) is 0 Å². The van der Waals surface area contributed by atoms with Gasteiger partial charge in [0.25, 0.3) is 0 Å². The lowest BCUT2D eigenvalue weighted by Gasteiger charge is -2.26. The van der Waals surface area contributed by atoms with Gasteiger partial charge in [-0.25, -0.2) is 9.97 Å². The molecule has 2 fully saturated rings. The molecule has 0 spiro atoms. The fraction of sp³-hybridized carbons (Fsp3) is 0.684. The van der Waals surface area contributed by atoms with Crippen LogP contribution in [0, 0.1) is 11.8 Å². The molecule has 4 atom stereocenters. The van der Waals surface area contributed by atoms with Gasteiger partial charge in [-0.1, -0.05) is 0 Å². The Balaban J connectivity index is 1.41. The highest BCUT2D eigenvalue weighted by molar-refractivity contribution is 7.19. The van der Waals surface area contributed by atoms with E-state index in [0.29, 0.717) is 6.04 Å². The third-order valence-electron chi connectivity index (χ3n) is 6.58. The van der Waals surface area contributed by atoms with E-state index in [4.69, 9.17) is 0 Å². The van der Waals surface area contributed by atoms with Crippen LogP contribution < -0.4 is 5.32 Å². The van der Waals surface area contributed by atoms with E-state index >= 15 is 0 Å². The number of thiophene rings is 1. The fourth-order valence-corrected chi connectivity index (χ4v) is 6.78. The number of anilines is 1. The molecule has 2 aromatic heterocycles. The minimum atomic E-state index is 0.581. The quantitative estimate of drug-likeness (QED) is 0.923. The van der Waals surface area contributed by atoms with Crippen LogP contribution in [0.3, 0.4) is 0 Å². The van der Waals surface area contributed by atoms with E-state index in [9.17, 15) is 0 Å². The van der Waals surface area contributed by atoms with Gasteiger partial charge in [0.15, 0.2) is 0 Å². The smallest absolute Gasteiger partial charge is 0.138 e. The largest absolute Gasteiger partial charge is 0.367 e. The number of rotatable bonds is 3. The third-order valence-corrected chi connectivity index (χ3v) is 7.78. The van der Waals surface area contributed by atoms with Crippen molar-refractivity contribution in [2.24, 2.45) is 11.8 Å². The summed E-state index contributed by atoms with van der Waals surface area (Å²) in [6.07, 6.45) is 10.9. The van der Waals surface area contributed by atoms with E-state index in [0.717, 1.165) is 23.7 Å². The van der Waals surface area contributed by atoms with Crippen LogP contribution >= 0.6 is 11.3 Å². The van der Waals surface area contributed by atoms with E-state index < -0.39 is 0 Å².